The van der Waals surface area contributed by atoms with Crippen LogP contribution in [0, 0.1) is 0 Å². The summed E-state index contributed by atoms with van der Waals surface area (Å²) < 4.78 is 5.77. The van der Waals surface area contributed by atoms with Crippen molar-refractivity contribution in [1.82, 2.24) is 10.3 Å². The second kappa shape index (κ2) is 7.80. The second-order valence-electron chi connectivity index (χ2n) is 6.29. The van der Waals surface area contributed by atoms with Crippen LogP contribution in [0.2, 0.25) is 0 Å². The van der Waals surface area contributed by atoms with Gasteiger partial charge in [-0.1, -0.05) is 36.0 Å². The molecule has 1 saturated heterocycles. The van der Waals surface area contributed by atoms with Crippen LogP contribution in [0.5, 0.6) is 5.75 Å². The highest BCUT2D eigenvalue weighted by atomic mass is 32.2. The number of amides is 1. The van der Waals surface area contributed by atoms with Gasteiger partial charge >= 0.3 is 0 Å². The smallest absolute Gasteiger partial charge is 0.251 e. The minimum Gasteiger partial charge on any atom is -0.487 e. The third-order valence-corrected chi connectivity index (χ3v) is 5.41. The molecule has 6 heteroatoms. The van der Waals surface area contributed by atoms with Gasteiger partial charge in [0.25, 0.3) is 5.91 Å². The van der Waals surface area contributed by atoms with Crippen LogP contribution in [-0.4, -0.2) is 27.8 Å². The average molecular weight is 378 g/mol. The molecule has 1 unspecified atom stereocenters. The minimum absolute atomic E-state index is 0.0335. The van der Waals surface area contributed by atoms with Crippen LogP contribution in [0.3, 0.4) is 0 Å². The fraction of sp³-hybridized carbons (Fsp3) is 0.190. The first-order valence-corrected chi connectivity index (χ1v) is 9.73. The Bertz CT molecular complexity index is 988. The number of nitrogens with zero attached hydrogens (tertiary/aromatic N) is 1. The van der Waals surface area contributed by atoms with E-state index >= 15 is 0 Å². The zero-order valence-electron chi connectivity index (χ0n) is 14.6. The van der Waals surface area contributed by atoms with E-state index < -0.39 is 0 Å². The van der Waals surface area contributed by atoms with Crippen molar-refractivity contribution < 1.29 is 14.3 Å². The molecule has 1 aromatic heterocycles. The monoisotopic (exact) mass is 378 g/mol. The molecule has 27 heavy (non-hydrogen) atoms. The van der Waals surface area contributed by atoms with Gasteiger partial charge in [0.05, 0.1) is 17.3 Å². The van der Waals surface area contributed by atoms with Crippen molar-refractivity contribution in [2.45, 2.75) is 19.1 Å². The van der Waals surface area contributed by atoms with E-state index in [2.05, 4.69) is 10.3 Å². The van der Waals surface area contributed by atoms with Crippen molar-refractivity contribution in [2.75, 3.05) is 5.75 Å². The van der Waals surface area contributed by atoms with Crippen LogP contribution in [-0.2, 0) is 11.4 Å². The van der Waals surface area contributed by atoms with E-state index in [1.54, 1.807) is 24.3 Å². The third-order valence-electron chi connectivity index (χ3n) is 4.40. The summed E-state index contributed by atoms with van der Waals surface area (Å²) in [6.45, 7) is 0.351. The number of fused-ring (bicyclic) bond motifs is 1. The van der Waals surface area contributed by atoms with Gasteiger partial charge in [0.1, 0.15) is 12.4 Å². The maximum atomic E-state index is 12.2. The number of aromatic nitrogens is 1. The molecule has 0 saturated carbocycles. The minimum atomic E-state index is -0.377. The lowest BCUT2D eigenvalue weighted by molar-refractivity contribution is -0.112. The third kappa shape index (κ3) is 4.11. The molecule has 1 fully saturated rings. The summed E-state index contributed by atoms with van der Waals surface area (Å²) in [6.07, 6.45) is 0.690. The highest BCUT2D eigenvalue weighted by Gasteiger charge is 2.26. The normalized spacial score (nSPS) is 16.4. The number of rotatable bonds is 5. The maximum Gasteiger partial charge on any atom is 0.251 e. The number of thioether (sulfide) groups is 1. The van der Waals surface area contributed by atoms with Crippen LogP contribution < -0.4 is 10.1 Å². The number of nitrogens with one attached hydrogen (secondary N) is 1. The molecule has 4 rings (SSSR count). The van der Waals surface area contributed by atoms with E-state index in [1.165, 1.54) is 11.8 Å². The first-order chi connectivity index (χ1) is 13.2. The molecule has 1 atom stereocenters. The lowest BCUT2D eigenvalue weighted by atomic mass is 10.1. The number of ether oxygens (including phenoxy) is 1. The van der Waals surface area contributed by atoms with E-state index in [9.17, 15) is 9.59 Å². The number of pyridine rings is 1. The molecule has 1 aliphatic rings. The molecule has 0 aliphatic carbocycles. The molecule has 136 valence electrons. The summed E-state index contributed by atoms with van der Waals surface area (Å²) in [5.74, 6) is 1.19. The van der Waals surface area contributed by atoms with E-state index in [1.807, 2.05) is 36.4 Å². The summed E-state index contributed by atoms with van der Waals surface area (Å²) in [4.78, 5) is 28.4. The molecule has 0 bridgehead atoms. The predicted octanol–water partition coefficient (Wildman–Crippen LogP) is 3.58. The van der Waals surface area contributed by atoms with Crippen molar-refractivity contribution in [1.29, 1.82) is 0 Å². The zero-order chi connectivity index (χ0) is 18.6. The molecule has 2 aromatic carbocycles. The lowest BCUT2D eigenvalue weighted by Gasteiger charge is -2.11. The average Bonchev–Trinajstić information content (AvgIpc) is 3.11. The van der Waals surface area contributed by atoms with E-state index in [0.29, 0.717) is 24.3 Å². The van der Waals surface area contributed by atoms with Gasteiger partial charge in [0, 0.05) is 16.7 Å². The van der Waals surface area contributed by atoms with Crippen LogP contribution in [0.1, 0.15) is 22.5 Å². The number of para-hydroxylation sites is 1. The second-order valence-corrected chi connectivity index (χ2v) is 7.39. The number of hydrogen-bond acceptors (Lipinski definition) is 5. The first kappa shape index (κ1) is 17.5. The van der Waals surface area contributed by atoms with Crippen LogP contribution >= 0.6 is 11.8 Å². The van der Waals surface area contributed by atoms with Crippen molar-refractivity contribution in [3.63, 3.8) is 0 Å². The van der Waals surface area contributed by atoms with Crippen molar-refractivity contribution >= 4 is 33.7 Å². The van der Waals surface area contributed by atoms with Gasteiger partial charge < -0.3 is 10.1 Å². The zero-order valence-corrected chi connectivity index (χ0v) is 15.4. The molecular formula is C21H18N2O3S. The molecule has 0 spiro atoms. The van der Waals surface area contributed by atoms with Gasteiger partial charge in [-0.05, 0) is 42.8 Å². The molecule has 1 aliphatic heterocycles. The predicted molar refractivity (Wildman–Crippen MR) is 106 cm³/mol. The van der Waals surface area contributed by atoms with E-state index in [0.717, 1.165) is 22.3 Å². The Morgan fingerprint density at radius 1 is 1.11 bits per heavy atom. The van der Waals surface area contributed by atoms with Crippen LogP contribution in [0.4, 0.5) is 0 Å². The Kier molecular flexibility index (Phi) is 5.07. The van der Waals surface area contributed by atoms with Gasteiger partial charge in [-0.2, -0.15) is 0 Å². The quantitative estimate of drug-likeness (QED) is 0.735. The number of hydrogen-bond donors (Lipinski definition) is 1. The number of carbonyl (C=O) groups is 2. The van der Waals surface area contributed by atoms with E-state index in [4.69, 9.17) is 4.74 Å². The molecular weight excluding hydrogens is 360 g/mol. The van der Waals surface area contributed by atoms with Crippen LogP contribution in [0.25, 0.3) is 10.9 Å². The highest BCUT2D eigenvalue weighted by Crippen LogP contribution is 2.20. The van der Waals surface area contributed by atoms with E-state index in [-0.39, 0.29) is 17.1 Å². The molecule has 0 radical (unpaired) electrons. The Morgan fingerprint density at radius 3 is 2.70 bits per heavy atom. The maximum absolute atomic E-state index is 12.2. The van der Waals surface area contributed by atoms with Gasteiger partial charge in [-0.15, -0.1) is 0 Å². The highest BCUT2D eigenvalue weighted by molar-refractivity contribution is 8.14. The summed E-state index contributed by atoms with van der Waals surface area (Å²) in [5.41, 5.74) is 2.29. The Balaban J connectivity index is 1.37. The summed E-state index contributed by atoms with van der Waals surface area (Å²) in [5, 5.41) is 3.91. The fourth-order valence-corrected chi connectivity index (χ4v) is 3.85. The van der Waals surface area contributed by atoms with Crippen molar-refractivity contribution in [3.8, 4) is 5.75 Å². The molecule has 1 amide bonds. The number of carbonyl (C=O) groups excluding carboxylic acids is 2. The summed E-state index contributed by atoms with van der Waals surface area (Å²) in [6, 6.07) is 18.4. The SMILES string of the molecule is O=C(NC1CCSC1=O)c1ccc(OCc2ccc3ccccc3n2)cc1. The summed E-state index contributed by atoms with van der Waals surface area (Å²) >= 11 is 1.27. The van der Waals surface area contributed by atoms with Gasteiger partial charge in [0.2, 0.25) is 5.12 Å². The fourth-order valence-electron chi connectivity index (χ4n) is 2.92. The Hall–Kier alpha value is -2.86. The van der Waals surface area contributed by atoms with Crippen LogP contribution in [0.15, 0.2) is 60.7 Å². The molecule has 1 N–H and O–H groups in total. The van der Waals surface area contributed by atoms with Gasteiger partial charge in [-0.3, -0.25) is 9.59 Å². The van der Waals surface area contributed by atoms with Gasteiger partial charge in [0.15, 0.2) is 0 Å². The number of benzene rings is 2. The molecule has 5 nitrogen and oxygen atoms in total. The standard InChI is InChI=1S/C21H18N2O3S/c24-20(23-19-11-12-27-21(19)25)15-6-9-17(10-7-15)26-13-16-8-5-14-3-1-2-4-18(14)22-16/h1-10,19H,11-13H2,(H,23,24). The van der Waals surface area contributed by atoms with Crippen molar-refractivity contribution in [3.05, 3.63) is 71.9 Å². The summed E-state index contributed by atoms with van der Waals surface area (Å²) in [7, 11) is 0. The Morgan fingerprint density at radius 2 is 1.93 bits per heavy atom. The molecule has 3 aromatic rings. The van der Waals surface area contributed by atoms with Crippen molar-refractivity contribution in [2.24, 2.45) is 0 Å². The molecule has 2 heterocycles. The largest absolute Gasteiger partial charge is 0.487 e. The topological polar surface area (TPSA) is 68.3 Å². The Labute approximate surface area is 161 Å². The van der Waals surface area contributed by atoms with Gasteiger partial charge in [-0.25, -0.2) is 4.98 Å². The first-order valence-electron chi connectivity index (χ1n) is 8.74. The lowest BCUT2D eigenvalue weighted by Crippen LogP contribution is -2.37.